The number of anilines is 1. The Bertz CT molecular complexity index is 680. The topological polar surface area (TPSA) is 50.8 Å². The van der Waals surface area contributed by atoms with Gasteiger partial charge in [-0.25, -0.2) is 0 Å². The Kier molecular flexibility index (Phi) is 6.36. The molecule has 1 amide bonds. The molecular weight excluding hydrogens is 328 g/mol. The summed E-state index contributed by atoms with van der Waals surface area (Å²) in [4.78, 5) is 14.2. The number of nitrogens with zero attached hydrogens (tertiary/aromatic N) is 1. The summed E-state index contributed by atoms with van der Waals surface area (Å²) in [5.41, 5.74) is 1.14. The molecule has 2 aromatic rings. The Morgan fingerprint density at radius 3 is 2.23 bits per heavy atom. The second kappa shape index (κ2) is 9.13. The number of carbonyl (C=O) groups is 1. The van der Waals surface area contributed by atoms with Gasteiger partial charge in [0.15, 0.2) is 6.61 Å². The number of benzene rings is 2. The molecule has 1 aliphatic rings. The summed E-state index contributed by atoms with van der Waals surface area (Å²) in [5.74, 6) is 1.53. The zero-order chi connectivity index (χ0) is 18.2. The first kappa shape index (κ1) is 18.1. The van der Waals surface area contributed by atoms with Crippen molar-refractivity contribution in [3.05, 3.63) is 54.6 Å². The Morgan fingerprint density at radius 2 is 1.62 bits per heavy atom. The predicted molar refractivity (Wildman–Crippen MR) is 103 cm³/mol. The van der Waals surface area contributed by atoms with Crippen molar-refractivity contribution < 1.29 is 14.3 Å². The minimum atomic E-state index is 0.0389. The van der Waals surface area contributed by atoms with E-state index in [4.69, 9.17) is 9.47 Å². The number of rotatable bonds is 7. The molecule has 1 aliphatic heterocycles. The summed E-state index contributed by atoms with van der Waals surface area (Å²) in [5, 5.41) is 3.53. The number of piperidine rings is 1. The van der Waals surface area contributed by atoms with Crippen LogP contribution in [0, 0.1) is 0 Å². The standard InChI is InChI=1S/C21H26N2O3/c1-2-25-19-8-10-20(11-9-19)26-16-21(24)23-14-12-18(13-15-23)22-17-6-4-3-5-7-17/h3-11,18,22H,2,12-16H2,1H3. The lowest BCUT2D eigenvalue weighted by molar-refractivity contribution is -0.134. The monoisotopic (exact) mass is 354 g/mol. The molecule has 5 nitrogen and oxygen atoms in total. The highest BCUT2D eigenvalue weighted by Gasteiger charge is 2.22. The molecule has 3 rings (SSSR count). The second-order valence-corrected chi connectivity index (χ2v) is 6.36. The highest BCUT2D eigenvalue weighted by Crippen LogP contribution is 2.19. The van der Waals surface area contributed by atoms with E-state index in [1.54, 1.807) is 0 Å². The lowest BCUT2D eigenvalue weighted by atomic mass is 10.0. The first-order valence-corrected chi connectivity index (χ1v) is 9.19. The van der Waals surface area contributed by atoms with E-state index < -0.39 is 0 Å². The van der Waals surface area contributed by atoms with Gasteiger partial charge < -0.3 is 19.7 Å². The fourth-order valence-corrected chi connectivity index (χ4v) is 3.08. The van der Waals surface area contributed by atoms with E-state index >= 15 is 0 Å². The third kappa shape index (κ3) is 5.15. The average Bonchev–Trinajstić information content (AvgIpc) is 2.69. The Balaban J connectivity index is 1.40. The zero-order valence-corrected chi connectivity index (χ0v) is 15.2. The van der Waals surface area contributed by atoms with Gasteiger partial charge in [0, 0.05) is 24.8 Å². The van der Waals surface area contributed by atoms with Crippen molar-refractivity contribution >= 4 is 11.6 Å². The van der Waals surface area contributed by atoms with Crippen molar-refractivity contribution in [2.45, 2.75) is 25.8 Å². The van der Waals surface area contributed by atoms with Gasteiger partial charge in [0.1, 0.15) is 11.5 Å². The number of nitrogens with one attached hydrogen (secondary N) is 1. The number of amides is 1. The number of para-hydroxylation sites is 1. The summed E-state index contributed by atoms with van der Waals surface area (Å²) in [6, 6.07) is 18.0. The predicted octanol–water partition coefficient (Wildman–Crippen LogP) is 3.57. The quantitative estimate of drug-likeness (QED) is 0.826. The molecule has 0 atom stereocenters. The smallest absolute Gasteiger partial charge is 0.260 e. The third-order valence-electron chi connectivity index (χ3n) is 4.49. The van der Waals surface area contributed by atoms with Crippen molar-refractivity contribution in [2.24, 2.45) is 0 Å². The van der Waals surface area contributed by atoms with Crippen LogP contribution in [-0.2, 0) is 4.79 Å². The molecule has 0 aromatic heterocycles. The van der Waals surface area contributed by atoms with Crippen molar-refractivity contribution in [2.75, 3.05) is 31.6 Å². The highest BCUT2D eigenvalue weighted by atomic mass is 16.5. The summed E-state index contributed by atoms with van der Waals surface area (Å²) in [6.07, 6.45) is 1.90. The van der Waals surface area contributed by atoms with E-state index in [-0.39, 0.29) is 12.5 Å². The molecule has 0 bridgehead atoms. The lowest BCUT2D eigenvalue weighted by Gasteiger charge is -2.32. The molecule has 1 fully saturated rings. The van der Waals surface area contributed by atoms with Crippen LogP contribution in [0.25, 0.3) is 0 Å². The summed E-state index contributed by atoms with van der Waals surface area (Å²) in [6.45, 7) is 4.17. The average molecular weight is 354 g/mol. The van der Waals surface area contributed by atoms with Gasteiger partial charge in [-0.2, -0.15) is 0 Å². The highest BCUT2D eigenvalue weighted by molar-refractivity contribution is 5.77. The molecule has 5 heteroatoms. The number of likely N-dealkylation sites (tertiary alicyclic amines) is 1. The van der Waals surface area contributed by atoms with Crippen molar-refractivity contribution in [3.63, 3.8) is 0 Å². The maximum Gasteiger partial charge on any atom is 0.260 e. The Hall–Kier alpha value is -2.69. The van der Waals surface area contributed by atoms with Crippen LogP contribution >= 0.6 is 0 Å². The molecule has 0 spiro atoms. The summed E-state index contributed by atoms with van der Waals surface area (Å²) < 4.78 is 11.0. The van der Waals surface area contributed by atoms with E-state index in [9.17, 15) is 4.79 Å². The first-order chi connectivity index (χ1) is 12.7. The first-order valence-electron chi connectivity index (χ1n) is 9.19. The van der Waals surface area contributed by atoms with Crippen LogP contribution < -0.4 is 14.8 Å². The molecule has 0 saturated carbocycles. The van der Waals surface area contributed by atoms with Crippen LogP contribution in [0.4, 0.5) is 5.69 Å². The van der Waals surface area contributed by atoms with Gasteiger partial charge >= 0.3 is 0 Å². The molecule has 0 aliphatic carbocycles. The van der Waals surface area contributed by atoms with Crippen LogP contribution in [0.15, 0.2) is 54.6 Å². The molecule has 1 saturated heterocycles. The second-order valence-electron chi connectivity index (χ2n) is 6.36. The third-order valence-corrected chi connectivity index (χ3v) is 4.49. The number of carbonyl (C=O) groups excluding carboxylic acids is 1. The molecule has 138 valence electrons. The van der Waals surface area contributed by atoms with Crippen LogP contribution in [0.3, 0.4) is 0 Å². The van der Waals surface area contributed by atoms with E-state index in [1.165, 1.54) is 0 Å². The summed E-state index contributed by atoms with van der Waals surface area (Å²) >= 11 is 0. The molecule has 26 heavy (non-hydrogen) atoms. The van der Waals surface area contributed by atoms with Crippen LogP contribution in [0.1, 0.15) is 19.8 Å². The zero-order valence-electron chi connectivity index (χ0n) is 15.2. The minimum Gasteiger partial charge on any atom is -0.494 e. The normalized spacial score (nSPS) is 14.7. The number of hydrogen-bond acceptors (Lipinski definition) is 4. The fourth-order valence-electron chi connectivity index (χ4n) is 3.08. The van der Waals surface area contributed by atoms with Gasteiger partial charge in [0.25, 0.3) is 5.91 Å². The van der Waals surface area contributed by atoms with Crippen molar-refractivity contribution in [1.29, 1.82) is 0 Å². The molecular formula is C21H26N2O3. The molecule has 1 N–H and O–H groups in total. The molecule has 2 aromatic carbocycles. The van der Waals surface area contributed by atoms with Gasteiger partial charge in [-0.3, -0.25) is 4.79 Å². The van der Waals surface area contributed by atoms with E-state index in [2.05, 4.69) is 17.4 Å². The maximum atomic E-state index is 12.4. The largest absolute Gasteiger partial charge is 0.494 e. The number of ether oxygens (including phenoxy) is 2. The van der Waals surface area contributed by atoms with Crippen molar-refractivity contribution in [1.82, 2.24) is 4.90 Å². The van der Waals surface area contributed by atoms with E-state index in [0.717, 1.165) is 37.4 Å². The van der Waals surface area contributed by atoms with Gasteiger partial charge in [0.2, 0.25) is 0 Å². The van der Waals surface area contributed by atoms with Gasteiger partial charge in [-0.05, 0) is 56.2 Å². The fraction of sp³-hybridized carbons (Fsp3) is 0.381. The molecule has 0 unspecified atom stereocenters. The van der Waals surface area contributed by atoms with E-state index in [0.29, 0.717) is 18.4 Å². The van der Waals surface area contributed by atoms with Crippen LogP contribution in [0.2, 0.25) is 0 Å². The van der Waals surface area contributed by atoms with Gasteiger partial charge in [-0.1, -0.05) is 18.2 Å². The van der Waals surface area contributed by atoms with Gasteiger partial charge in [-0.15, -0.1) is 0 Å². The molecule has 0 radical (unpaired) electrons. The summed E-state index contributed by atoms with van der Waals surface area (Å²) in [7, 11) is 0. The maximum absolute atomic E-state index is 12.4. The van der Waals surface area contributed by atoms with E-state index in [1.807, 2.05) is 54.3 Å². The Morgan fingerprint density at radius 1 is 1.00 bits per heavy atom. The Labute approximate surface area is 154 Å². The SMILES string of the molecule is CCOc1ccc(OCC(=O)N2CCC(Nc3ccccc3)CC2)cc1. The van der Waals surface area contributed by atoms with Crippen LogP contribution in [-0.4, -0.2) is 43.2 Å². The lowest BCUT2D eigenvalue weighted by Crippen LogP contribution is -2.44. The van der Waals surface area contributed by atoms with Crippen LogP contribution in [0.5, 0.6) is 11.5 Å². The minimum absolute atomic E-state index is 0.0389. The number of hydrogen-bond donors (Lipinski definition) is 1. The molecule has 1 heterocycles. The van der Waals surface area contributed by atoms with Crippen molar-refractivity contribution in [3.8, 4) is 11.5 Å². The van der Waals surface area contributed by atoms with Gasteiger partial charge in [0.05, 0.1) is 6.61 Å².